The van der Waals surface area contributed by atoms with Crippen molar-refractivity contribution in [2.24, 2.45) is 5.14 Å². The largest absolute Gasteiger partial charge is 0.339 e. The standard InChI is InChI=1S/C29H32N4O5S/c1-18-14-21-6-4-7-24-27(21)23(15-18)29(36)33(24)9-5-8-26(34)31-10-12-32(13-11-31)28(35)22-17-25(39(30,37)38)20(3)16-19(22)2/h4,6-7,14-17H,5,8-13H2,1-3H3,(H2,30,37,38). The summed E-state index contributed by atoms with van der Waals surface area (Å²) in [4.78, 5) is 44.3. The van der Waals surface area contributed by atoms with Gasteiger partial charge in [0.05, 0.1) is 16.1 Å². The van der Waals surface area contributed by atoms with Crippen molar-refractivity contribution >= 4 is 44.2 Å². The van der Waals surface area contributed by atoms with Gasteiger partial charge in [0.15, 0.2) is 0 Å². The molecule has 0 unspecified atom stereocenters. The van der Waals surface area contributed by atoms with Crippen LogP contribution in [0, 0.1) is 20.8 Å². The average Bonchev–Trinajstić information content (AvgIpc) is 3.14. The Morgan fingerprint density at radius 2 is 1.62 bits per heavy atom. The van der Waals surface area contributed by atoms with Crippen LogP contribution < -0.4 is 10.0 Å². The molecule has 0 aromatic heterocycles. The first kappa shape index (κ1) is 26.8. The van der Waals surface area contributed by atoms with Gasteiger partial charge < -0.3 is 14.7 Å². The van der Waals surface area contributed by atoms with Gasteiger partial charge in [-0.1, -0.05) is 24.3 Å². The van der Waals surface area contributed by atoms with Crippen LogP contribution in [0.5, 0.6) is 0 Å². The predicted octanol–water partition coefficient (Wildman–Crippen LogP) is 3.14. The molecule has 2 heterocycles. The van der Waals surface area contributed by atoms with Crippen molar-refractivity contribution < 1.29 is 22.8 Å². The molecule has 39 heavy (non-hydrogen) atoms. The summed E-state index contributed by atoms with van der Waals surface area (Å²) in [6.45, 7) is 7.33. The number of nitrogens with two attached hydrogens (primary N) is 1. The molecule has 1 fully saturated rings. The molecule has 0 aliphatic carbocycles. The molecule has 0 bridgehead atoms. The minimum atomic E-state index is -3.95. The second kappa shape index (κ2) is 10.1. The fourth-order valence-corrected chi connectivity index (χ4v) is 6.46. The zero-order valence-corrected chi connectivity index (χ0v) is 23.2. The van der Waals surface area contributed by atoms with E-state index in [0.717, 1.165) is 22.0 Å². The van der Waals surface area contributed by atoms with Crippen molar-refractivity contribution in [1.82, 2.24) is 9.80 Å². The molecule has 5 rings (SSSR count). The Morgan fingerprint density at radius 3 is 2.31 bits per heavy atom. The summed E-state index contributed by atoms with van der Waals surface area (Å²) in [5.41, 5.74) is 4.11. The minimum absolute atomic E-state index is 0.0108. The lowest BCUT2D eigenvalue weighted by atomic mass is 10.0. The van der Waals surface area contributed by atoms with Crippen LogP contribution >= 0.6 is 0 Å². The molecule has 2 aliphatic rings. The normalized spacial score (nSPS) is 15.4. The van der Waals surface area contributed by atoms with Gasteiger partial charge in [-0.2, -0.15) is 0 Å². The summed E-state index contributed by atoms with van der Waals surface area (Å²) in [6.07, 6.45) is 0.837. The third-order valence-electron chi connectivity index (χ3n) is 7.62. The second-order valence-corrected chi connectivity index (χ2v) is 11.9. The summed E-state index contributed by atoms with van der Waals surface area (Å²) in [5, 5.41) is 7.34. The van der Waals surface area contributed by atoms with E-state index in [1.54, 1.807) is 34.6 Å². The number of hydrogen-bond donors (Lipinski definition) is 1. The minimum Gasteiger partial charge on any atom is -0.339 e. The second-order valence-electron chi connectivity index (χ2n) is 10.4. The number of anilines is 1. The van der Waals surface area contributed by atoms with Gasteiger partial charge in [-0.3, -0.25) is 14.4 Å². The van der Waals surface area contributed by atoms with Gasteiger partial charge >= 0.3 is 0 Å². The van der Waals surface area contributed by atoms with E-state index in [4.69, 9.17) is 5.14 Å². The highest BCUT2D eigenvalue weighted by Gasteiger charge is 2.31. The van der Waals surface area contributed by atoms with Crippen LogP contribution in [-0.2, 0) is 14.8 Å². The lowest BCUT2D eigenvalue weighted by Gasteiger charge is -2.35. The highest BCUT2D eigenvalue weighted by Crippen LogP contribution is 2.38. The third kappa shape index (κ3) is 5.02. The predicted molar refractivity (Wildman–Crippen MR) is 149 cm³/mol. The van der Waals surface area contributed by atoms with Gasteiger partial charge in [-0.05, 0) is 67.5 Å². The quantitative estimate of drug-likeness (QED) is 0.507. The van der Waals surface area contributed by atoms with E-state index in [0.29, 0.717) is 67.8 Å². The molecule has 0 saturated carbocycles. The van der Waals surface area contributed by atoms with Gasteiger partial charge in [0.25, 0.3) is 11.8 Å². The van der Waals surface area contributed by atoms with Crippen LogP contribution in [0.3, 0.4) is 0 Å². The number of hydrogen-bond acceptors (Lipinski definition) is 5. The zero-order chi connectivity index (χ0) is 28.1. The molecule has 1 saturated heterocycles. The summed E-state index contributed by atoms with van der Waals surface area (Å²) < 4.78 is 23.9. The van der Waals surface area contributed by atoms with Crippen molar-refractivity contribution in [3.8, 4) is 0 Å². The van der Waals surface area contributed by atoms with E-state index in [1.165, 1.54) is 6.07 Å². The van der Waals surface area contributed by atoms with Crippen LogP contribution in [0.25, 0.3) is 10.8 Å². The first-order valence-corrected chi connectivity index (χ1v) is 14.6. The monoisotopic (exact) mass is 548 g/mol. The Labute approximate surface area is 228 Å². The number of rotatable bonds is 6. The van der Waals surface area contributed by atoms with Crippen molar-refractivity contribution in [3.63, 3.8) is 0 Å². The number of aryl methyl sites for hydroxylation is 3. The van der Waals surface area contributed by atoms with E-state index in [2.05, 4.69) is 6.07 Å². The highest BCUT2D eigenvalue weighted by atomic mass is 32.2. The summed E-state index contributed by atoms with van der Waals surface area (Å²) in [6, 6.07) is 12.9. The molecule has 10 heteroatoms. The maximum Gasteiger partial charge on any atom is 0.259 e. The fraction of sp³-hybridized carbons (Fsp3) is 0.345. The van der Waals surface area contributed by atoms with E-state index in [1.807, 2.05) is 31.2 Å². The number of nitrogens with zero attached hydrogens (tertiary/aromatic N) is 3. The molecule has 0 radical (unpaired) electrons. The Bertz CT molecular complexity index is 1620. The van der Waals surface area contributed by atoms with Crippen molar-refractivity contribution in [2.45, 2.75) is 38.5 Å². The molecular weight excluding hydrogens is 516 g/mol. The fourth-order valence-electron chi connectivity index (χ4n) is 5.67. The van der Waals surface area contributed by atoms with Gasteiger partial charge in [0.1, 0.15) is 0 Å². The number of sulfonamides is 1. The number of primary sulfonamides is 1. The van der Waals surface area contributed by atoms with Crippen LogP contribution in [0.2, 0.25) is 0 Å². The summed E-state index contributed by atoms with van der Waals surface area (Å²) in [5.74, 6) is -0.314. The maximum absolute atomic E-state index is 13.2. The van der Waals surface area contributed by atoms with E-state index in [9.17, 15) is 22.8 Å². The van der Waals surface area contributed by atoms with Crippen LogP contribution in [0.1, 0.15) is 50.2 Å². The van der Waals surface area contributed by atoms with Crippen molar-refractivity contribution in [3.05, 3.63) is 70.3 Å². The Kier molecular flexibility index (Phi) is 6.94. The van der Waals surface area contributed by atoms with Crippen LogP contribution in [0.4, 0.5) is 5.69 Å². The zero-order valence-electron chi connectivity index (χ0n) is 22.4. The molecule has 9 nitrogen and oxygen atoms in total. The van der Waals surface area contributed by atoms with E-state index in [-0.39, 0.29) is 22.6 Å². The first-order valence-electron chi connectivity index (χ1n) is 13.0. The maximum atomic E-state index is 13.2. The molecule has 3 aromatic carbocycles. The summed E-state index contributed by atoms with van der Waals surface area (Å²) in [7, 11) is -3.95. The Hall–Kier alpha value is -3.76. The highest BCUT2D eigenvalue weighted by molar-refractivity contribution is 7.89. The van der Waals surface area contributed by atoms with Crippen molar-refractivity contribution in [2.75, 3.05) is 37.6 Å². The van der Waals surface area contributed by atoms with E-state index < -0.39 is 10.0 Å². The number of piperazine rings is 1. The van der Waals surface area contributed by atoms with Gasteiger partial charge in [-0.15, -0.1) is 0 Å². The molecule has 3 aromatic rings. The number of carbonyl (C=O) groups excluding carboxylic acids is 3. The number of benzene rings is 3. The van der Waals surface area contributed by atoms with Gasteiger partial charge in [0.2, 0.25) is 15.9 Å². The molecule has 2 N–H and O–H groups in total. The molecule has 204 valence electrons. The van der Waals surface area contributed by atoms with Gasteiger partial charge in [0, 0.05) is 50.1 Å². The topological polar surface area (TPSA) is 121 Å². The Balaban J connectivity index is 1.17. The average molecular weight is 549 g/mol. The summed E-state index contributed by atoms with van der Waals surface area (Å²) >= 11 is 0. The smallest absolute Gasteiger partial charge is 0.259 e. The first-order chi connectivity index (χ1) is 18.5. The third-order valence-corrected chi connectivity index (χ3v) is 8.67. The number of amides is 3. The Morgan fingerprint density at radius 1 is 0.923 bits per heavy atom. The molecule has 0 spiro atoms. The van der Waals surface area contributed by atoms with Crippen LogP contribution in [0.15, 0.2) is 47.4 Å². The molecule has 2 aliphatic heterocycles. The van der Waals surface area contributed by atoms with Crippen LogP contribution in [-0.4, -0.2) is 68.7 Å². The van der Waals surface area contributed by atoms with Crippen molar-refractivity contribution in [1.29, 1.82) is 0 Å². The van der Waals surface area contributed by atoms with Gasteiger partial charge in [-0.25, -0.2) is 13.6 Å². The molecular formula is C29H32N4O5S. The number of carbonyl (C=O) groups is 3. The lowest BCUT2D eigenvalue weighted by Crippen LogP contribution is -2.50. The molecule has 3 amide bonds. The molecule has 0 atom stereocenters. The van der Waals surface area contributed by atoms with E-state index >= 15 is 0 Å². The lowest BCUT2D eigenvalue weighted by molar-refractivity contribution is -0.132. The SMILES string of the molecule is Cc1cc2c3c(cccc3c1)N(CCCC(=O)N1CCN(C(=O)c3cc(S(N)(=O)=O)c(C)cc3C)CC1)C2=O.